The maximum Gasteiger partial charge on any atom is 0.133 e. The van der Waals surface area contributed by atoms with E-state index in [0.29, 0.717) is 29.6 Å². The van der Waals surface area contributed by atoms with Crippen LogP contribution >= 0.6 is 0 Å². The Bertz CT molecular complexity index is 629. The van der Waals surface area contributed by atoms with Gasteiger partial charge < -0.3 is 10.0 Å². The molecule has 1 aliphatic heterocycles. The van der Waals surface area contributed by atoms with E-state index in [1.165, 1.54) is 0 Å². The van der Waals surface area contributed by atoms with Crippen molar-refractivity contribution >= 4 is 16.7 Å². The molecule has 6 heteroatoms. The number of fused-ring (bicyclic) bond motifs is 1. The van der Waals surface area contributed by atoms with Gasteiger partial charge in [-0.05, 0) is 22.9 Å². The summed E-state index contributed by atoms with van der Waals surface area (Å²) in [7, 11) is 0. The lowest BCUT2D eigenvalue weighted by atomic mass is 10.1. The van der Waals surface area contributed by atoms with Crippen LogP contribution in [-0.2, 0) is 11.3 Å². The van der Waals surface area contributed by atoms with Gasteiger partial charge in [0.25, 0.3) is 0 Å². The van der Waals surface area contributed by atoms with Crippen LogP contribution in [0.25, 0.3) is 11.0 Å². The van der Waals surface area contributed by atoms with Crippen molar-refractivity contribution in [3.8, 4) is 0 Å². The predicted molar refractivity (Wildman–Crippen MR) is 60.7 cm³/mol. The zero-order valence-corrected chi connectivity index (χ0v) is 9.00. The summed E-state index contributed by atoms with van der Waals surface area (Å²) in [5, 5.41) is 20.6. The molecule has 0 unspecified atom stereocenters. The molecule has 2 heterocycles. The fourth-order valence-corrected chi connectivity index (χ4v) is 1.82. The van der Waals surface area contributed by atoms with Crippen LogP contribution in [0.3, 0.4) is 0 Å². The van der Waals surface area contributed by atoms with Gasteiger partial charge in [0.05, 0.1) is 12.1 Å². The first kappa shape index (κ1) is 9.83. The van der Waals surface area contributed by atoms with Crippen LogP contribution in [0.15, 0.2) is 35.7 Å². The van der Waals surface area contributed by atoms with E-state index < -0.39 is 0 Å². The first-order chi connectivity index (χ1) is 8.22. The fourth-order valence-electron chi connectivity index (χ4n) is 1.82. The van der Waals surface area contributed by atoms with Crippen molar-refractivity contribution in [3.63, 3.8) is 0 Å². The van der Waals surface area contributed by atoms with Gasteiger partial charge in [0.2, 0.25) is 0 Å². The second kappa shape index (κ2) is 3.58. The van der Waals surface area contributed by atoms with Gasteiger partial charge in [0, 0.05) is 6.42 Å². The number of oxime groups is 1. The molecule has 1 aliphatic rings. The molecule has 0 saturated heterocycles. The minimum atomic E-state index is 0.586. The summed E-state index contributed by atoms with van der Waals surface area (Å²) in [6, 6.07) is 5.55. The molecule has 0 saturated carbocycles. The number of nitrogens with zero attached hydrogens (tertiary/aromatic N) is 4. The highest BCUT2D eigenvalue weighted by Crippen LogP contribution is 2.18. The van der Waals surface area contributed by atoms with Crippen LogP contribution in [0.1, 0.15) is 12.0 Å². The molecule has 17 heavy (non-hydrogen) atoms. The van der Waals surface area contributed by atoms with E-state index in [-0.39, 0.29) is 0 Å². The molecule has 0 radical (unpaired) electrons. The van der Waals surface area contributed by atoms with Crippen LogP contribution in [0.4, 0.5) is 0 Å². The SMILES string of the molecule is C=C1CC(Cc2ccc3c(c2)nnn3O)=NO1. The lowest BCUT2D eigenvalue weighted by molar-refractivity contribution is 0.155. The Labute approximate surface area is 96.7 Å². The van der Waals surface area contributed by atoms with Crippen LogP contribution < -0.4 is 0 Å². The van der Waals surface area contributed by atoms with E-state index in [2.05, 4.69) is 22.0 Å². The van der Waals surface area contributed by atoms with E-state index in [1.807, 2.05) is 12.1 Å². The van der Waals surface area contributed by atoms with E-state index in [0.717, 1.165) is 16.1 Å². The highest BCUT2D eigenvalue weighted by Gasteiger charge is 2.13. The third kappa shape index (κ3) is 1.73. The van der Waals surface area contributed by atoms with E-state index in [1.54, 1.807) is 6.07 Å². The van der Waals surface area contributed by atoms with Crippen molar-refractivity contribution in [3.05, 3.63) is 36.1 Å². The predicted octanol–water partition coefficient (Wildman–Crippen LogP) is 1.50. The fraction of sp³-hybridized carbons (Fsp3) is 0.182. The van der Waals surface area contributed by atoms with Crippen molar-refractivity contribution in [1.82, 2.24) is 15.2 Å². The Balaban J connectivity index is 1.88. The summed E-state index contributed by atoms with van der Waals surface area (Å²) in [6.07, 6.45) is 1.36. The normalized spacial score (nSPS) is 15.1. The van der Waals surface area contributed by atoms with Gasteiger partial charge in [-0.25, -0.2) is 0 Å². The average Bonchev–Trinajstić information content (AvgIpc) is 2.87. The largest absolute Gasteiger partial charge is 0.410 e. The third-order valence-electron chi connectivity index (χ3n) is 2.61. The second-order valence-electron chi connectivity index (χ2n) is 3.94. The number of benzene rings is 1. The number of rotatable bonds is 2. The van der Waals surface area contributed by atoms with Gasteiger partial charge in [-0.1, -0.05) is 22.6 Å². The molecule has 0 fully saturated rings. The lowest BCUT2D eigenvalue weighted by Crippen LogP contribution is -1.99. The number of hydrogen-bond acceptors (Lipinski definition) is 5. The van der Waals surface area contributed by atoms with Crippen molar-refractivity contribution in [2.24, 2.45) is 5.16 Å². The standard InChI is InChI=1S/C11H10N4O2/c1-7-4-9(13-17-7)5-8-2-3-11-10(6-8)12-14-15(11)16/h2-3,6,16H,1,4-5H2. The summed E-state index contributed by atoms with van der Waals surface area (Å²) >= 11 is 0. The summed E-state index contributed by atoms with van der Waals surface area (Å²) in [6.45, 7) is 3.70. The van der Waals surface area contributed by atoms with Crippen LogP contribution in [-0.4, -0.2) is 26.1 Å². The monoisotopic (exact) mass is 230 g/mol. The van der Waals surface area contributed by atoms with Gasteiger partial charge >= 0.3 is 0 Å². The van der Waals surface area contributed by atoms with E-state index in [4.69, 9.17) is 4.84 Å². The zero-order valence-electron chi connectivity index (χ0n) is 9.00. The highest BCUT2D eigenvalue weighted by atomic mass is 16.6. The molecule has 0 spiro atoms. The smallest absolute Gasteiger partial charge is 0.133 e. The molecule has 6 nitrogen and oxygen atoms in total. The van der Waals surface area contributed by atoms with Gasteiger partial charge in [-0.3, -0.25) is 0 Å². The van der Waals surface area contributed by atoms with Gasteiger partial charge in [0.15, 0.2) is 0 Å². The van der Waals surface area contributed by atoms with Gasteiger partial charge in [0.1, 0.15) is 16.8 Å². The second-order valence-corrected chi connectivity index (χ2v) is 3.94. The minimum Gasteiger partial charge on any atom is -0.410 e. The molecule has 1 aromatic carbocycles. The minimum absolute atomic E-state index is 0.586. The maximum atomic E-state index is 9.31. The van der Waals surface area contributed by atoms with Crippen molar-refractivity contribution in [1.29, 1.82) is 0 Å². The van der Waals surface area contributed by atoms with E-state index in [9.17, 15) is 5.21 Å². The Morgan fingerprint density at radius 2 is 2.35 bits per heavy atom. The van der Waals surface area contributed by atoms with E-state index >= 15 is 0 Å². The Hall–Kier alpha value is -2.37. The molecular formula is C11H10N4O2. The molecule has 0 aliphatic carbocycles. The first-order valence-corrected chi connectivity index (χ1v) is 5.16. The van der Waals surface area contributed by atoms with Crippen LogP contribution in [0.5, 0.6) is 0 Å². The number of aromatic nitrogens is 3. The summed E-state index contributed by atoms with van der Waals surface area (Å²) in [4.78, 5) is 5.71. The maximum absolute atomic E-state index is 9.31. The molecule has 2 aromatic rings. The van der Waals surface area contributed by atoms with Crippen molar-refractivity contribution < 1.29 is 10.0 Å². The third-order valence-corrected chi connectivity index (χ3v) is 2.61. The van der Waals surface area contributed by atoms with Gasteiger partial charge in [-0.2, -0.15) is 0 Å². The average molecular weight is 230 g/mol. The Kier molecular flexibility index (Phi) is 2.07. The van der Waals surface area contributed by atoms with Crippen LogP contribution in [0, 0.1) is 0 Å². The number of hydrogen-bond donors (Lipinski definition) is 1. The zero-order chi connectivity index (χ0) is 11.8. The summed E-state index contributed by atoms with van der Waals surface area (Å²) in [5.74, 6) is 0.669. The lowest BCUT2D eigenvalue weighted by Gasteiger charge is -1.99. The van der Waals surface area contributed by atoms with Gasteiger partial charge in [-0.15, -0.1) is 5.10 Å². The molecule has 0 amide bonds. The van der Waals surface area contributed by atoms with Crippen molar-refractivity contribution in [2.45, 2.75) is 12.8 Å². The number of allylic oxidation sites excluding steroid dienone is 1. The molecule has 1 N–H and O–H groups in total. The molecule has 0 bridgehead atoms. The Morgan fingerprint density at radius 1 is 1.47 bits per heavy atom. The topological polar surface area (TPSA) is 72.5 Å². The van der Waals surface area contributed by atoms with Crippen molar-refractivity contribution in [2.75, 3.05) is 0 Å². The molecule has 3 rings (SSSR count). The quantitative estimate of drug-likeness (QED) is 0.793. The highest BCUT2D eigenvalue weighted by molar-refractivity contribution is 5.89. The molecule has 0 atom stereocenters. The molecule has 1 aromatic heterocycles. The van der Waals surface area contributed by atoms with Crippen LogP contribution in [0.2, 0.25) is 0 Å². The summed E-state index contributed by atoms with van der Waals surface area (Å²) < 4.78 is 0. The Morgan fingerprint density at radius 3 is 3.12 bits per heavy atom. The summed E-state index contributed by atoms with van der Waals surface area (Å²) in [5.41, 5.74) is 3.23. The molecular weight excluding hydrogens is 220 g/mol. The molecule has 86 valence electrons. The first-order valence-electron chi connectivity index (χ1n) is 5.16.